The largest absolute Gasteiger partial charge is 0.462 e. The number of esters is 3. The molecule has 3 aromatic rings. The Kier molecular flexibility index (Phi) is 10.1. The number of hydrogen-bond acceptors (Lipinski definition) is 6. The predicted molar refractivity (Wildman–Crippen MR) is 174 cm³/mol. The van der Waals surface area contributed by atoms with Gasteiger partial charge in [0.15, 0.2) is 0 Å². The molecule has 6 nitrogen and oxygen atoms in total. The molecule has 2 fully saturated rings. The van der Waals surface area contributed by atoms with Gasteiger partial charge in [-0.2, -0.15) is 39.5 Å². The van der Waals surface area contributed by atoms with E-state index >= 15 is 0 Å². The highest BCUT2D eigenvalue weighted by Crippen LogP contribution is 2.56. The molecule has 0 spiro atoms. The molecule has 15 heteroatoms. The Morgan fingerprint density at radius 2 is 1.13 bits per heavy atom. The first-order valence-electron chi connectivity index (χ1n) is 17.0. The third-order valence-electron chi connectivity index (χ3n) is 10.5. The molecule has 0 amide bonds. The normalized spacial score (nSPS) is 21.1. The zero-order chi connectivity index (χ0) is 39.6. The van der Waals surface area contributed by atoms with Crippen molar-refractivity contribution in [2.75, 3.05) is 0 Å². The summed E-state index contributed by atoms with van der Waals surface area (Å²) >= 11 is 0. The van der Waals surface area contributed by atoms with Gasteiger partial charge in [-0.1, -0.05) is 30.3 Å². The molecular weight excluding hydrogens is 723 g/mol. The second-order valence-electron chi connectivity index (χ2n) is 16.0. The van der Waals surface area contributed by atoms with Crippen LogP contribution in [0.2, 0.25) is 0 Å². The SMILES string of the molecule is CC(C)(CC(C)(CC(C)(C)C(=O)OC(C(F)(F)F)(C(F)(F)F)C(F)(F)F)C(=O)OC1CC2CCC1C2)C(=O)Oc1ccc2cc3ccccc3cc2c1. The summed E-state index contributed by atoms with van der Waals surface area (Å²) < 4.78 is 138. The quantitative estimate of drug-likeness (QED) is 0.0886. The number of hydrogen-bond donors (Lipinski definition) is 0. The minimum Gasteiger partial charge on any atom is -0.462 e. The van der Waals surface area contributed by atoms with E-state index in [0.29, 0.717) is 6.42 Å². The van der Waals surface area contributed by atoms with Crippen LogP contribution < -0.4 is 4.74 Å². The van der Waals surface area contributed by atoms with Crippen LogP contribution in [0.25, 0.3) is 21.5 Å². The minimum absolute atomic E-state index is 0.000137. The third-order valence-corrected chi connectivity index (χ3v) is 10.5. The van der Waals surface area contributed by atoms with E-state index in [1.807, 2.05) is 36.4 Å². The van der Waals surface area contributed by atoms with Gasteiger partial charge >= 0.3 is 42.0 Å². The molecule has 0 saturated heterocycles. The van der Waals surface area contributed by atoms with Crippen LogP contribution in [0.3, 0.4) is 0 Å². The van der Waals surface area contributed by atoms with E-state index in [4.69, 9.17) is 9.47 Å². The van der Waals surface area contributed by atoms with Crippen LogP contribution in [0.15, 0.2) is 54.6 Å². The zero-order valence-corrected chi connectivity index (χ0v) is 29.5. The van der Waals surface area contributed by atoms with E-state index in [-0.39, 0.29) is 17.6 Å². The molecule has 2 aliphatic rings. The van der Waals surface area contributed by atoms with Crippen LogP contribution in [0.4, 0.5) is 39.5 Å². The number of carbonyl (C=O) groups excluding carboxylic acids is 3. The van der Waals surface area contributed by atoms with Crippen molar-refractivity contribution >= 4 is 39.5 Å². The van der Waals surface area contributed by atoms with Gasteiger partial charge < -0.3 is 14.2 Å². The Morgan fingerprint density at radius 3 is 1.62 bits per heavy atom. The van der Waals surface area contributed by atoms with E-state index < -0.39 is 77.2 Å². The van der Waals surface area contributed by atoms with Crippen molar-refractivity contribution in [2.24, 2.45) is 28.1 Å². The van der Waals surface area contributed by atoms with Crippen molar-refractivity contribution in [3.8, 4) is 5.75 Å². The van der Waals surface area contributed by atoms with Crippen LogP contribution in [0.5, 0.6) is 5.75 Å². The average molecular weight is 763 g/mol. The van der Waals surface area contributed by atoms with Crippen LogP contribution in [0, 0.1) is 28.1 Å². The lowest BCUT2D eigenvalue weighted by molar-refractivity contribution is -0.447. The van der Waals surface area contributed by atoms with Gasteiger partial charge in [-0.25, -0.2) is 0 Å². The van der Waals surface area contributed by atoms with Crippen molar-refractivity contribution in [2.45, 2.75) is 103 Å². The van der Waals surface area contributed by atoms with Gasteiger partial charge in [0.05, 0.1) is 16.2 Å². The first kappa shape index (κ1) is 40.2. The van der Waals surface area contributed by atoms with Gasteiger partial charge in [0.1, 0.15) is 11.9 Å². The molecule has 2 aliphatic carbocycles. The summed E-state index contributed by atoms with van der Waals surface area (Å²) in [5.41, 5.74) is -13.1. The van der Waals surface area contributed by atoms with Crippen molar-refractivity contribution < 1.29 is 68.1 Å². The topological polar surface area (TPSA) is 78.9 Å². The van der Waals surface area contributed by atoms with Gasteiger partial charge in [-0.05, 0) is 131 Å². The van der Waals surface area contributed by atoms with Crippen LogP contribution in [-0.2, 0) is 23.9 Å². The second-order valence-corrected chi connectivity index (χ2v) is 16.0. The van der Waals surface area contributed by atoms with E-state index in [0.717, 1.165) is 54.7 Å². The summed E-state index contributed by atoms with van der Waals surface area (Å²) in [6.07, 6.45) is -20.6. The molecular formula is C38H39F9O6. The number of benzene rings is 3. The van der Waals surface area contributed by atoms with Crippen LogP contribution >= 0.6 is 0 Å². The molecule has 4 unspecified atom stereocenters. The molecule has 3 aromatic carbocycles. The van der Waals surface area contributed by atoms with E-state index in [2.05, 4.69) is 4.74 Å². The fraction of sp³-hybridized carbons (Fsp3) is 0.553. The van der Waals surface area contributed by atoms with Crippen LogP contribution in [-0.4, -0.2) is 48.1 Å². The van der Waals surface area contributed by atoms with Crippen molar-refractivity contribution in [3.05, 3.63) is 54.6 Å². The average Bonchev–Trinajstić information content (AvgIpc) is 3.63. The fourth-order valence-corrected chi connectivity index (χ4v) is 8.07. The molecule has 0 N–H and O–H groups in total. The summed E-state index contributed by atoms with van der Waals surface area (Å²) in [5, 5.41) is 3.49. The molecule has 5 rings (SSSR count). The van der Waals surface area contributed by atoms with Crippen molar-refractivity contribution in [1.29, 1.82) is 0 Å². The number of rotatable bonds is 10. The summed E-state index contributed by atoms with van der Waals surface area (Å²) in [6, 6.07) is 16.3. The first-order valence-corrected chi connectivity index (χ1v) is 17.0. The molecule has 0 radical (unpaired) electrons. The molecule has 0 aromatic heterocycles. The molecule has 2 bridgehead atoms. The second kappa shape index (κ2) is 13.4. The van der Waals surface area contributed by atoms with Gasteiger partial charge in [0.25, 0.3) is 0 Å². The predicted octanol–water partition coefficient (Wildman–Crippen LogP) is 10.4. The van der Waals surface area contributed by atoms with Crippen molar-refractivity contribution in [3.63, 3.8) is 0 Å². The van der Waals surface area contributed by atoms with E-state index in [1.165, 1.54) is 20.8 Å². The summed E-state index contributed by atoms with van der Waals surface area (Å²) in [4.78, 5) is 40.8. The summed E-state index contributed by atoms with van der Waals surface area (Å²) in [6.45, 7) is 5.46. The number of alkyl halides is 9. The van der Waals surface area contributed by atoms with Gasteiger partial charge in [-0.15, -0.1) is 0 Å². The Morgan fingerprint density at radius 1 is 0.623 bits per heavy atom. The third kappa shape index (κ3) is 7.67. The Labute approximate surface area is 299 Å². The molecule has 4 atom stereocenters. The lowest BCUT2D eigenvalue weighted by atomic mass is 9.66. The van der Waals surface area contributed by atoms with E-state index in [9.17, 15) is 53.9 Å². The summed E-state index contributed by atoms with van der Waals surface area (Å²) in [7, 11) is 0. The lowest BCUT2D eigenvalue weighted by Gasteiger charge is -2.42. The standard InChI is InChI=1S/C38H39F9O6/c1-32(2,29(48)51-27-13-12-24-16-22-8-6-7-9-23(22)17-26(24)18-27)19-34(5,31(50)52-28-15-21-10-11-25(28)14-21)20-33(3,4)30(49)53-35(36(39,40)41,37(42,43)44)38(45,46)47/h6-9,12-13,16-18,21,25,28H,10-11,14-15,19-20H2,1-5H3. The molecule has 53 heavy (non-hydrogen) atoms. The van der Waals surface area contributed by atoms with Gasteiger partial charge in [0.2, 0.25) is 0 Å². The summed E-state index contributed by atoms with van der Waals surface area (Å²) in [5.74, 6) is -4.02. The highest BCUT2D eigenvalue weighted by molar-refractivity contribution is 5.99. The maximum Gasteiger partial charge on any atom is 0.447 e. The van der Waals surface area contributed by atoms with Crippen LogP contribution in [0.1, 0.15) is 73.1 Å². The molecule has 2 saturated carbocycles. The molecule has 0 heterocycles. The van der Waals surface area contributed by atoms with Gasteiger partial charge in [-0.3, -0.25) is 14.4 Å². The van der Waals surface area contributed by atoms with Gasteiger partial charge in [0, 0.05) is 0 Å². The zero-order valence-electron chi connectivity index (χ0n) is 29.5. The number of ether oxygens (including phenoxy) is 3. The van der Waals surface area contributed by atoms with E-state index in [1.54, 1.807) is 18.2 Å². The molecule has 290 valence electrons. The minimum atomic E-state index is -7.15. The Balaban J connectivity index is 1.44. The Bertz CT molecular complexity index is 1860. The Hall–Kier alpha value is -4.04. The monoisotopic (exact) mass is 762 g/mol. The van der Waals surface area contributed by atoms with Crippen molar-refractivity contribution in [1.82, 2.24) is 0 Å². The highest BCUT2D eigenvalue weighted by atomic mass is 19.4. The molecule has 0 aliphatic heterocycles. The first-order chi connectivity index (χ1) is 24.2. The lowest BCUT2D eigenvalue weighted by Crippen LogP contribution is -2.69. The number of carbonyl (C=O) groups is 3. The highest BCUT2D eigenvalue weighted by Gasteiger charge is 2.87. The maximum atomic E-state index is 14.0. The number of halogens is 9. The maximum absolute atomic E-state index is 14.0. The fourth-order valence-electron chi connectivity index (χ4n) is 8.07. The smallest absolute Gasteiger partial charge is 0.447 e. The number of fused-ring (bicyclic) bond motifs is 4.